The summed E-state index contributed by atoms with van der Waals surface area (Å²) in [6, 6.07) is 0. The summed E-state index contributed by atoms with van der Waals surface area (Å²) < 4.78 is 8.50. The minimum atomic E-state index is 0.340. The van der Waals surface area contributed by atoms with Gasteiger partial charge in [0.2, 0.25) is 0 Å². The van der Waals surface area contributed by atoms with Crippen LogP contribution < -0.4 is 0 Å². The fraction of sp³-hybridized carbons (Fsp3) is 0.800. The van der Waals surface area contributed by atoms with E-state index in [0.717, 1.165) is 30.2 Å². The Labute approximate surface area is 93.6 Å². The van der Waals surface area contributed by atoms with Gasteiger partial charge in [0.15, 0.2) is 4.77 Å². The Morgan fingerprint density at radius 1 is 1.47 bits per heavy atom. The number of H-pyrrole nitrogens is 1. The summed E-state index contributed by atoms with van der Waals surface area (Å²) >= 11 is 5.24. The average molecular weight is 225 g/mol. The highest BCUT2D eigenvalue weighted by Crippen LogP contribution is 2.39. The molecule has 82 valence electrons. The molecule has 2 fully saturated rings. The molecule has 1 aliphatic heterocycles. The van der Waals surface area contributed by atoms with Crippen LogP contribution >= 0.6 is 12.2 Å². The summed E-state index contributed by atoms with van der Waals surface area (Å²) in [7, 11) is 0. The van der Waals surface area contributed by atoms with Crippen LogP contribution in [0, 0.1) is 4.77 Å². The molecular weight excluding hydrogens is 210 g/mol. The monoisotopic (exact) mass is 225 g/mol. The fourth-order valence-electron chi connectivity index (χ4n) is 2.15. The van der Waals surface area contributed by atoms with Crippen molar-refractivity contribution in [2.75, 3.05) is 6.61 Å². The molecule has 1 atom stereocenters. The Morgan fingerprint density at radius 2 is 2.33 bits per heavy atom. The topological polar surface area (TPSA) is 42.8 Å². The van der Waals surface area contributed by atoms with Crippen LogP contribution in [0.25, 0.3) is 0 Å². The highest BCUT2D eigenvalue weighted by Gasteiger charge is 2.30. The van der Waals surface area contributed by atoms with E-state index in [4.69, 9.17) is 17.0 Å². The second kappa shape index (κ2) is 3.72. The Kier molecular flexibility index (Phi) is 2.36. The van der Waals surface area contributed by atoms with Crippen LogP contribution in [0.15, 0.2) is 0 Å². The van der Waals surface area contributed by atoms with Crippen LogP contribution in [-0.2, 0) is 11.3 Å². The lowest BCUT2D eigenvalue weighted by atomic mass is 10.2. The second-order valence-corrected chi connectivity index (χ2v) is 4.79. The first kappa shape index (κ1) is 9.54. The quantitative estimate of drug-likeness (QED) is 0.800. The van der Waals surface area contributed by atoms with Crippen LogP contribution in [0.3, 0.4) is 0 Å². The first-order valence-electron chi connectivity index (χ1n) is 5.61. The van der Waals surface area contributed by atoms with Gasteiger partial charge in [-0.15, -0.1) is 0 Å². The minimum absolute atomic E-state index is 0.340. The van der Waals surface area contributed by atoms with Crippen molar-refractivity contribution >= 4 is 12.2 Å². The molecule has 0 bridgehead atoms. The van der Waals surface area contributed by atoms with Gasteiger partial charge >= 0.3 is 0 Å². The largest absolute Gasteiger partial charge is 0.376 e. The van der Waals surface area contributed by atoms with Crippen molar-refractivity contribution in [3.05, 3.63) is 10.6 Å². The van der Waals surface area contributed by atoms with E-state index in [1.165, 1.54) is 19.3 Å². The minimum Gasteiger partial charge on any atom is -0.376 e. The summed E-state index contributed by atoms with van der Waals surface area (Å²) in [6.45, 7) is 1.77. The van der Waals surface area contributed by atoms with E-state index in [2.05, 4.69) is 14.8 Å². The number of aromatic nitrogens is 3. The van der Waals surface area contributed by atoms with Gasteiger partial charge in [0, 0.05) is 12.5 Å². The lowest BCUT2D eigenvalue weighted by Gasteiger charge is -2.11. The molecule has 0 aromatic carbocycles. The molecule has 3 rings (SSSR count). The molecule has 15 heavy (non-hydrogen) atoms. The van der Waals surface area contributed by atoms with E-state index in [-0.39, 0.29) is 0 Å². The third-order valence-corrected chi connectivity index (χ3v) is 3.45. The standard InChI is InChI=1S/C10H15N3OS/c15-10-12-11-9(7-3-4-7)13(10)6-8-2-1-5-14-8/h7-8H,1-6H2,(H,12,15)/t8-/m1/s1. The molecule has 5 heteroatoms. The maximum absolute atomic E-state index is 5.63. The zero-order chi connectivity index (χ0) is 10.3. The molecule has 1 saturated carbocycles. The van der Waals surface area contributed by atoms with Gasteiger partial charge in [-0.25, -0.2) is 0 Å². The van der Waals surface area contributed by atoms with Crippen molar-refractivity contribution in [3.63, 3.8) is 0 Å². The summed E-state index contributed by atoms with van der Waals surface area (Å²) in [4.78, 5) is 0. The van der Waals surface area contributed by atoms with Gasteiger partial charge in [-0.3, -0.25) is 5.10 Å². The van der Waals surface area contributed by atoms with Crippen molar-refractivity contribution < 1.29 is 4.74 Å². The molecule has 2 aliphatic rings. The predicted octanol–water partition coefficient (Wildman–Crippen LogP) is 2.00. The fourth-order valence-corrected chi connectivity index (χ4v) is 2.37. The molecule has 0 spiro atoms. The summed E-state index contributed by atoms with van der Waals surface area (Å²) in [5.41, 5.74) is 0. The van der Waals surface area contributed by atoms with Gasteiger partial charge < -0.3 is 9.30 Å². The normalized spacial score (nSPS) is 26.0. The summed E-state index contributed by atoms with van der Waals surface area (Å²) in [5, 5.41) is 7.20. The SMILES string of the molecule is S=c1[nH]nc(C2CC2)n1C[C@H]1CCCO1. The molecule has 1 aromatic heterocycles. The maximum Gasteiger partial charge on any atom is 0.195 e. The molecule has 0 unspecified atom stereocenters. The van der Waals surface area contributed by atoms with Crippen LogP contribution in [0.4, 0.5) is 0 Å². The second-order valence-electron chi connectivity index (χ2n) is 4.41. The van der Waals surface area contributed by atoms with Crippen molar-refractivity contribution in [2.24, 2.45) is 0 Å². The van der Waals surface area contributed by atoms with E-state index >= 15 is 0 Å². The van der Waals surface area contributed by atoms with E-state index in [1.807, 2.05) is 0 Å². The number of hydrogen-bond donors (Lipinski definition) is 1. The van der Waals surface area contributed by atoms with E-state index < -0.39 is 0 Å². The van der Waals surface area contributed by atoms with Crippen LogP contribution in [0.1, 0.15) is 37.4 Å². The Morgan fingerprint density at radius 3 is 3.00 bits per heavy atom. The molecule has 1 aliphatic carbocycles. The average Bonchev–Trinajstić information content (AvgIpc) is 2.82. The molecule has 4 nitrogen and oxygen atoms in total. The number of nitrogens with zero attached hydrogens (tertiary/aromatic N) is 2. The first-order chi connectivity index (χ1) is 7.34. The maximum atomic E-state index is 5.63. The predicted molar refractivity (Wildman–Crippen MR) is 58.4 cm³/mol. The number of rotatable bonds is 3. The molecule has 1 saturated heterocycles. The van der Waals surface area contributed by atoms with Gasteiger partial charge in [0.25, 0.3) is 0 Å². The number of hydrogen-bond acceptors (Lipinski definition) is 3. The van der Waals surface area contributed by atoms with Gasteiger partial charge in [-0.05, 0) is 37.9 Å². The Hall–Kier alpha value is -0.680. The number of ether oxygens (including phenoxy) is 1. The highest BCUT2D eigenvalue weighted by molar-refractivity contribution is 7.71. The summed E-state index contributed by atoms with van der Waals surface area (Å²) in [5.74, 6) is 1.77. The lowest BCUT2D eigenvalue weighted by molar-refractivity contribution is 0.0959. The summed E-state index contributed by atoms with van der Waals surface area (Å²) in [6.07, 6.45) is 5.17. The zero-order valence-corrected chi connectivity index (χ0v) is 9.42. The molecule has 0 amide bonds. The first-order valence-corrected chi connectivity index (χ1v) is 6.02. The van der Waals surface area contributed by atoms with Crippen molar-refractivity contribution in [3.8, 4) is 0 Å². The van der Waals surface area contributed by atoms with Crippen LogP contribution in [0.2, 0.25) is 0 Å². The Bertz CT molecular complexity index is 401. The van der Waals surface area contributed by atoms with Crippen molar-refractivity contribution in [1.82, 2.24) is 14.8 Å². The van der Waals surface area contributed by atoms with E-state index in [0.29, 0.717) is 12.0 Å². The smallest absolute Gasteiger partial charge is 0.195 e. The van der Waals surface area contributed by atoms with Crippen molar-refractivity contribution in [2.45, 2.75) is 44.2 Å². The lowest BCUT2D eigenvalue weighted by Crippen LogP contribution is -2.16. The third-order valence-electron chi connectivity index (χ3n) is 3.14. The van der Waals surface area contributed by atoms with Gasteiger partial charge in [-0.1, -0.05) is 0 Å². The zero-order valence-electron chi connectivity index (χ0n) is 8.61. The van der Waals surface area contributed by atoms with Crippen LogP contribution in [-0.4, -0.2) is 27.5 Å². The van der Waals surface area contributed by atoms with Gasteiger partial charge in [-0.2, -0.15) is 5.10 Å². The molecule has 1 aromatic rings. The van der Waals surface area contributed by atoms with Crippen LogP contribution in [0.5, 0.6) is 0 Å². The molecule has 2 heterocycles. The molecular formula is C10H15N3OS. The van der Waals surface area contributed by atoms with E-state index in [1.54, 1.807) is 0 Å². The highest BCUT2D eigenvalue weighted by atomic mass is 32.1. The molecule has 1 N–H and O–H groups in total. The van der Waals surface area contributed by atoms with Gasteiger partial charge in [0.05, 0.1) is 12.6 Å². The third kappa shape index (κ3) is 1.86. The molecule has 0 radical (unpaired) electrons. The van der Waals surface area contributed by atoms with E-state index in [9.17, 15) is 0 Å². The Balaban J connectivity index is 1.82. The number of nitrogens with one attached hydrogen (secondary N) is 1. The number of aromatic amines is 1. The van der Waals surface area contributed by atoms with Gasteiger partial charge in [0.1, 0.15) is 5.82 Å². The van der Waals surface area contributed by atoms with Crippen molar-refractivity contribution in [1.29, 1.82) is 0 Å².